The van der Waals surface area contributed by atoms with Crippen molar-refractivity contribution in [2.24, 2.45) is 0 Å². The summed E-state index contributed by atoms with van der Waals surface area (Å²) in [6.07, 6.45) is 0. The molecule has 0 aliphatic carbocycles. The van der Waals surface area contributed by atoms with Crippen molar-refractivity contribution < 1.29 is 31.3 Å². The van der Waals surface area contributed by atoms with E-state index >= 15 is 0 Å². The van der Waals surface area contributed by atoms with Crippen LogP contribution in [0, 0.1) is 41.5 Å². The predicted molar refractivity (Wildman–Crippen MR) is 209 cm³/mol. The summed E-state index contributed by atoms with van der Waals surface area (Å²) in [6, 6.07) is 48.9. The van der Waals surface area contributed by atoms with Crippen LogP contribution >= 0.6 is 0 Å². The van der Waals surface area contributed by atoms with Crippen molar-refractivity contribution in [3.63, 3.8) is 0 Å². The summed E-state index contributed by atoms with van der Waals surface area (Å²) in [6.45, 7) is 18.9. The smallest absolute Gasteiger partial charge is 0.683 e. The van der Waals surface area contributed by atoms with E-state index in [0.29, 0.717) is 18.8 Å². The third-order valence-corrected chi connectivity index (χ3v) is 8.07. The van der Waals surface area contributed by atoms with Gasteiger partial charge in [-0.1, -0.05) is 108 Å². The van der Waals surface area contributed by atoms with E-state index < -0.39 is 0 Å². The maximum absolute atomic E-state index is 11.2. The van der Waals surface area contributed by atoms with Crippen LogP contribution in [0.5, 0.6) is 5.75 Å². The molecule has 0 saturated carbocycles. The minimum atomic E-state index is 0. The molecule has 0 heterocycles. The third-order valence-electron chi connectivity index (χ3n) is 8.07. The van der Waals surface area contributed by atoms with Crippen LogP contribution in [0.3, 0.4) is 0 Å². The zero-order chi connectivity index (χ0) is 35.0. The van der Waals surface area contributed by atoms with Crippen molar-refractivity contribution in [2.45, 2.75) is 40.8 Å². The molecule has 50 heavy (non-hydrogen) atoms. The van der Waals surface area contributed by atoms with Gasteiger partial charge in [-0.05, 0) is 57.0 Å². The van der Waals surface area contributed by atoms with Gasteiger partial charge in [-0.2, -0.15) is 49.2 Å². The summed E-state index contributed by atoms with van der Waals surface area (Å²) in [5.74, 6) is 0.363. The molecule has 0 fully saturated rings. The van der Waals surface area contributed by atoms with Crippen molar-refractivity contribution in [3.8, 4) is 16.9 Å². The Morgan fingerprint density at radius 2 is 1.04 bits per heavy atom. The average molecular weight is 737 g/mol. The molecule has 0 saturated heterocycles. The van der Waals surface area contributed by atoms with Crippen molar-refractivity contribution in [1.29, 1.82) is 0 Å². The molecule has 6 aromatic carbocycles. The van der Waals surface area contributed by atoms with Crippen LogP contribution in [0.15, 0.2) is 146 Å². The zero-order valence-electron chi connectivity index (χ0n) is 29.9. The molecule has 6 aromatic rings. The van der Waals surface area contributed by atoms with Crippen LogP contribution in [0.1, 0.15) is 44.5 Å². The second kappa shape index (κ2) is 20.9. The van der Waals surface area contributed by atoms with E-state index in [1.54, 1.807) is 0 Å². The van der Waals surface area contributed by atoms with Crippen molar-refractivity contribution in [3.05, 3.63) is 209 Å². The maximum Gasteiger partial charge on any atom is 4.00 e. The number of aryl methyl sites for hydroxylation is 4. The normalized spacial score (nSPS) is 10.2. The molecule has 3 nitrogen and oxygen atoms in total. The topological polar surface area (TPSA) is 37.6 Å². The summed E-state index contributed by atoms with van der Waals surface area (Å²) in [4.78, 5) is 2.38. The summed E-state index contributed by atoms with van der Waals surface area (Å²) in [7, 11) is 0. The van der Waals surface area contributed by atoms with Crippen LogP contribution in [-0.2, 0) is 39.3 Å². The van der Waals surface area contributed by atoms with Gasteiger partial charge in [-0.3, -0.25) is 4.90 Å². The van der Waals surface area contributed by atoms with Crippen LogP contribution in [0.2, 0.25) is 0 Å². The molecule has 0 atom stereocenters. The van der Waals surface area contributed by atoms with Crippen molar-refractivity contribution in [2.75, 3.05) is 13.1 Å². The van der Waals surface area contributed by atoms with Crippen LogP contribution < -0.4 is 0 Å². The number of phenols is 1. The number of nitrogens with zero attached hydrogens (tertiary/aromatic N) is 2. The van der Waals surface area contributed by atoms with Gasteiger partial charge in [0, 0.05) is 24.2 Å². The van der Waals surface area contributed by atoms with E-state index in [0.717, 1.165) is 52.2 Å². The first-order chi connectivity index (χ1) is 23.7. The Morgan fingerprint density at radius 1 is 0.580 bits per heavy atom. The van der Waals surface area contributed by atoms with E-state index in [4.69, 9.17) is 5.32 Å². The Bertz CT molecular complexity index is 1780. The summed E-state index contributed by atoms with van der Waals surface area (Å²) < 4.78 is 0. The molecule has 0 spiro atoms. The first-order valence-electron chi connectivity index (χ1n) is 16.8. The number of benzene rings is 6. The maximum atomic E-state index is 11.2. The first-order valence-corrected chi connectivity index (χ1v) is 16.8. The number of hydrogen-bond donors (Lipinski definition) is 1. The Hall–Kier alpha value is -4.50. The van der Waals surface area contributed by atoms with Gasteiger partial charge >= 0.3 is 26.2 Å². The van der Waals surface area contributed by atoms with Crippen LogP contribution in [0.25, 0.3) is 16.4 Å². The van der Waals surface area contributed by atoms with Crippen molar-refractivity contribution >= 4 is 5.69 Å². The molecule has 0 aliphatic rings. The Kier molecular flexibility index (Phi) is 16.7. The Labute approximate surface area is 320 Å². The molecule has 0 unspecified atom stereocenters. The Balaban J connectivity index is 0.000000372. The first kappa shape index (κ1) is 39.9. The van der Waals surface area contributed by atoms with Crippen LogP contribution in [0.4, 0.5) is 5.69 Å². The summed E-state index contributed by atoms with van der Waals surface area (Å²) >= 11 is 0. The molecule has 252 valence electrons. The molecular weight excluding hydrogens is 688 g/mol. The molecule has 0 aromatic heterocycles. The van der Waals surface area contributed by atoms with Gasteiger partial charge in [-0.25, -0.2) is 0 Å². The van der Waals surface area contributed by atoms with Crippen LogP contribution in [-0.4, -0.2) is 23.1 Å². The van der Waals surface area contributed by atoms with E-state index in [-0.39, 0.29) is 26.2 Å². The Morgan fingerprint density at radius 3 is 1.52 bits per heavy atom. The summed E-state index contributed by atoms with van der Waals surface area (Å²) in [5.41, 5.74) is 12.2. The van der Waals surface area contributed by atoms with E-state index in [1.165, 1.54) is 22.3 Å². The fourth-order valence-corrected chi connectivity index (χ4v) is 5.79. The molecule has 1 N–H and O–H groups in total. The monoisotopic (exact) mass is 735 g/mol. The molecule has 6 rings (SSSR count). The van der Waals surface area contributed by atoms with Gasteiger partial charge in [0.1, 0.15) is 5.75 Å². The average Bonchev–Trinajstić information content (AvgIpc) is 3.09. The largest absolute Gasteiger partial charge is 4.00 e. The molecule has 0 radical (unpaired) electrons. The third kappa shape index (κ3) is 13.1. The molecule has 4 heteroatoms. The standard InChI is InChI=1S/C32H35N2O.2C7H7.Zr/c1-23-17-25(3)31(26(4)18-23)33-15-16-34(21-27-11-7-5-8-12-27)22-29-19-24(2)20-30(32(29)35)28-13-9-6-10-14-28;2*1-7-5-3-2-4-6-7;/h5-14,17-20,35H,15-16,21-22H2,1-4H3;2*2-6H,1H2;/q3*-1;+4. The van der Waals surface area contributed by atoms with E-state index in [1.807, 2.05) is 97.1 Å². The number of rotatable bonds is 9. The van der Waals surface area contributed by atoms with Gasteiger partial charge in [0.25, 0.3) is 0 Å². The molecule has 0 aliphatic heterocycles. The van der Waals surface area contributed by atoms with Gasteiger partial charge in [0.2, 0.25) is 0 Å². The van der Waals surface area contributed by atoms with Gasteiger partial charge in [0.05, 0.1) is 0 Å². The fraction of sp³-hybridized carbons (Fsp3) is 0.174. The zero-order valence-corrected chi connectivity index (χ0v) is 32.4. The summed E-state index contributed by atoms with van der Waals surface area (Å²) in [5, 5.41) is 16.2. The molecular formula is C46H49N2OZr+. The van der Waals surface area contributed by atoms with Gasteiger partial charge < -0.3 is 10.4 Å². The minimum absolute atomic E-state index is 0. The number of hydrogen-bond acceptors (Lipinski definition) is 2. The SMILES string of the molecule is Cc1cc(C)c([N-]CCN(Cc2ccccc2)Cc2cc(C)cc(-c3ccccc3)c2O)c(C)c1.[CH2-]c1ccccc1.[CH2-]c1ccccc1.[Zr+4]. The van der Waals surface area contributed by atoms with E-state index in [9.17, 15) is 5.11 Å². The van der Waals surface area contributed by atoms with Crippen molar-refractivity contribution in [1.82, 2.24) is 4.90 Å². The van der Waals surface area contributed by atoms with Gasteiger partial charge in [-0.15, -0.1) is 36.5 Å². The number of phenolic OH excluding ortho intramolecular Hbond substituents is 1. The molecule has 0 bridgehead atoms. The molecule has 0 amide bonds. The second-order valence-electron chi connectivity index (χ2n) is 12.5. The van der Waals surface area contributed by atoms with Gasteiger partial charge in [0.15, 0.2) is 0 Å². The fourth-order valence-electron chi connectivity index (χ4n) is 5.79. The van der Waals surface area contributed by atoms with E-state index in [2.05, 4.69) is 95.0 Å². The quantitative estimate of drug-likeness (QED) is 0.150. The minimum Gasteiger partial charge on any atom is -0.683 e. The predicted octanol–water partition coefficient (Wildman–Crippen LogP) is 11.7. The second-order valence-corrected chi connectivity index (χ2v) is 12.5. The number of aromatic hydroxyl groups is 1.